The van der Waals surface area contributed by atoms with Crippen LogP contribution in [-0.4, -0.2) is 23.4 Å². The molecule has 0 amide bonds. The average molecular weight is 344 g/mol. The zero-order chi connectivity index (χ0) is 16.7. The SMILES string of the molecule is COc1ccc(Cl)cc1-n1nc(-c2ccccc2F)c2c1NCC2. The Kier molecular flexibility index (Phi) is 3.65. The maximum Gasteiger partial charge on any atom is 0.144 e. The van der Waals surface area contributed by atoms with Gasteiger partial charge in [0.25, 0.3) is 0 Å². The van der Waals surface area contributed by atoms with Crippen LogP contribution in [0.25, 0.3) is 16.9 Å². The van der Waals surface area contributed by atoms with E-state index in [2.05, 4.69) is 10.4 Å². The van der Waals surface area contributed by atoms with E-state index in [0.717, 1.165) is 30.0 Å². The molecule has 0 saturated carbocycles. The van der Waals surface area contributed by atoms with E-state index in [1.807, 2.05) is 6.07 Å². The molecule has 0 aliphatic carbocycles. The van der Waals surface area contributed by atoms with Gasteiger partial charge in [-0.1, -0.05) is 23.7 Å². The molecule has 6 heteroatoms. The molecule has 1 aromatic heterocycles. The van der Waals surface area contributed by atoms with E-state index < -0.39 is 0 Å². The van der Waals surface area contributed by atoms with Gasteiger partial charge in [-0.05, 0) is 36.8 Å². The number of ether oxygens (including phenoxy) is 1. The Hall–Kier alpha value is -2.53. The quantitative estimate of drug-likeness (QED) is 0.770. The second kappa shape index (κ2) is 5.83. The summed E-state index contributed by atoms with van der Waals surface area (Å²) in [6.07, 6.45) is 0.794. The zero-order valence-electron chi connectivity index (χ0n) is 13.0. The summed E-state index contributed by atoms with van der Waals surface area (Å²) in [5.41, 5.74) is 2.87. The van der Waals surface area contributed by atoms with Crippen molar-refractivity contribution in [2.45, 2.75) is 6.42 Å². The molecule has 24 heavy (non-hydrogen) atoms. The van der Waals surface area contributed by atoms with E-state index in [9.17, 15) is 4.39 Å². The molecule has 0 radical (unpaired) electrons. The fourth-order valence-electron chi connectivity index (χ4n) is 3.05. The van der Waals surface area contributed by atoms with E-state index in [1.165, 1.54) is 6.07 Å². The van der Waals surface area contributed by atoms with Gasteiger partial charge in [0.1, 0.15) is 28.8 Å². The highest BCUT2D eigenvalue weighted by atomic mass is 35.5. The number of aromatic nitrogens is 2. The molecule has 2 aromatic carbocycles. The molecule has 4 rings (SSSR count). The molecular formula is C18H15ClFN3O. The van der Waals surface area contributed by atoms with Crippen molar-refractivity contribution in [2.75, 3.05) is 19.0 Å². The second-order valence-electron chi connectivity index (χ2n) is 5.56. The van der Waals surface area contributed by atoms with Gasteiger partial charge in [-0.3, -0.25) is 0 Å². The zero-order valence-corrected chi connectivity index (χ0v) is 13.8. The maximum atomic E-state index is 14.2. The van der Waals surface area contributed by atoms with E-state index in [-0.39, 0.29) is 5.82 Å². The molecule has 0 unspecified atom stereocenters. The number of rotatable bonds is 3. The molecule has 4 nitrogen and oxygen atoms in total. The Morgan fingerprint density at radius 1 is 1.25 bits per heavy atom. The largest absolute Gasteiger partial charge is 0.494 e. The lowest BCUT2D eigenvalue weighted by molar-refractivity contribution is 0.412. The smallest absolute Gasteiger partial charge is 0.144 e. The van der Waals surface area contributed by atoms with Crippen molar-refractivity contribution in [1.82, 2.24) is 9.78 Å². The highest BCUT2D eigenvalue weighted by Crippen LogP contribution is 2.38. The molecule has 0 bridgehead atoms. The predicted molar refractivity (Wildman–Crippen MR) is 92.7 cm³/mol. The molecule has 1 aliphatic rings. The number of anilines is 1. The first-order chi connectivity index (χ1) is 11.7. The van der Waals surface area contributed by atoms with Crippen molar-refractivity contribution in [3.63, 3.8) is 0 Å². The molecular weight excluding hydrogens is 329 g/mol. The fraction of sp³-hybridized carbons (Fsp3) is 0.167. The van der Waals surface area contributed by atoms with Gasteiger partial charge in [-0.25, -0.2) is 9.07 Å². The van der Waals surface area contributed by atoms with Crippen LogP contribution in [0.2, 0.25) is 5.02 Å². The van der Waals surface area contributed by atoms with Crippen LogP contribution in [-0.2, 0) is 6.42 Å². The third kappa shape index (κ3) is 2.32. The molecule has 0 spiro atoms. The number of hydrogen-bond acceptors (Lipinski definition) is 3. The Morgan fingerprint density at radius 3 is 2.88 bits per heavy atom. The lowest BCUT2D eigenvalue weighted by atomic mass is 10.1. The summed E-state index contributed by atoms with van der Waals surface area (Å²) in [5, 5.41) is 8.57. The Morgan fingerprint density at radius 2 is 2.08 bits per heavy atom. The first kappa shape index (κ1) is 15.0. The molecule has 0 fully saturated rings. The number of methoxy groups -OCH3 is 1. The molecule has 0 saturated heterocycles. The number of nitrogens with one attached hydrogen (secondary N) is 1. The molecule has 122 valence electrons. The Balaban J connectivity index is 1.95. The number of halogens is 2. The van der Waals surface area contributed by atoms with Crippen LogP contribution in [0.3, 0.4) is 0 Å². The van der Waals surface area contributed by atoms with Crippen molar-refractivity contribution in [3.8, 4) is 22.7 Å². The fourth-order valence-corrected chi connectivity index (χ4v) is 3.21. The lowest BCUT2D eigenvalue weighted by Gasteiger charge is -2.11. The summed E-state index contributed by atoms with van der Waals surface area (Å²) in [6, 6.07) is 12.0. The summed E-state index contributed by atoms with van der Waals surface area (Å²) in [5.74, 6) is 1.22. The van der Waals surface area contributed by atoms with Gasteiger partial charge in [0.05, 0.1) is 7.11 Å². The molecule has 2 heterocycles. The van der Waals surface area contributed by atoms with Crippen LogP contribution in [0, 0.1) is 5.82 Å². The third-order valence-corrected chi connectivity index (χ3v) is 4.38. The van der Waals surface area contributed by atoms with Gasteiger partial charge in [-0.2, -0.15) is 5.10 Å². The molecule has 1 N–H and O–H groups in total. The molecule has 0 atom stereocenters. The minimum Gasteiger partial charge on any atom is -0.494 e. The maximum absolute atomic E-state index is 14.2. The highest BCUT2D eigenvalue weighted by molar-refractivity contribution is 6.30. The molecule has 3 aromatic rings. The van der Waals surface area contributed by atoms with Crippen LogP contribution in [0.5, 0.6) is 5.75 Å². The standard InChI is InChI=1S/C18H15ClFN3O/c1-24-16-7-6-11(19)10-15(16)23-18-13(8-9-21-18)17(22-23)12-4-2-3-5-14(12)20/h2-7,10,21H,8-9H2,1H3. The topological polar surface area (TPSA) is 39.1 Å². The highest BCUT2D eigenvalue weighted by Gasteiger charge is 2.26. The first-order valence-corrected chi connectivity index (χ1v) is 8.01. The van der Waals surface area contributed by atoms with Gasteiger partial charge in [-0.15, -0.1) is 0 Å². The van der Waals surface area contributed by atoms with Crippen molar-refractivity contribution >= 4 is 17.4 Å². The van der Waals surface area contributed by atoms with Crippen LogP contribution in [0.4, 0.5) is 10.2 Å². The third-order valence-electron chi connectivity index (χ3n) is 4.15. The monoisotopic (exact) mass is 343 g/mol. The number of nitrogens with zero attached hydrogens (tertiary/aromatic N) is 2. The number of benzene rings is 2. The Labute approximate surface area is 143 Å². The first-order valence-electron chi connectivity index (χ1n) is 7.63. The number of fused-ring (bicyclic) bond motifs is 1. The molecule has 1 aliphatic heterocycles. The van der Waals surface area contributed by atoms with Crippen molar-refractivity contribution in [2.24, 2.45) is 0 Å². The van der Waals surface area contributed by atoms with Gasteiger partial charge in [0.2, 0.25) is 0 Å². The second-order valence-corrected chi connectivity index (χ2v) is 6.00. The van der Waals surface area contributed by atoms with Crippen LogP contribution in [0.15, 0.2) is 42.5 Å². The van der Waals surface area contributed by atoms with Gasteiger partial charge in [0.15, 0.2) is 0 Å². The van der Waals surface area contributed by atoms with Crippen LogP contribution < -0.4 is 10.1 Å². The predicted octanol–water partition coefficient (Wildman–Crippen LogP) is 4.31. The summed E-state index contributed by atoms with van der Waals surface area (Å²) in [7, 11) is 1.60. The summed E-state index contributed by atoms with van der Waals surface area (Å²) in [6.45, 7) is 0.789. The van der Waals surface area contributed by atoms with Gasteiger partial charge in [0, 0.05) is 22.7 Å². The van der Waals surface area contributed by atoms with Crippen LogP contribution in [0.1, 0.15) is 5.56 Å². The van der Waals surface area contributed by atoms with E-state index in [4.69, 9.17) is 16.3 Å². The number of hydrogen-bond donors (Lipinski definition) is 1. The van der Waals surface area contributed by atoms with E-state index >= 15 is 0 Å². The van der Waals surface area contributed by atoms with Crippen molar-refractivity contribution in [1.29, 1.82) is 0 Å². The van der Waals surface area contributed by atoms with E-state index in [0.29, 0.717) is 22.0 Å². The minimum atomic E-state index is -0.282. The average Bonchev–Trinajstić information content (AvgIpc) is 3.18. The summed E-state index contributed by atoms with van der Waals surface area (Å²) in [4.78, 5) is 0. The van der Waals surface area contributed by atoms with Crippen LogP contribution >= 0.6 is 11.6 Å². The van der Waals surface area contributed by atoms with Gasteiger partial charge < -0.3 is 10.1 Å². The summed E-state index contributed by atoms with van der Waals surface area (Å²) < 4.78 is 21.4. The summed E-state index contributed by atoms with van der Waals surface area (Å²) >= 11 is 6.15. The van der Waals surface area contributed by atoms with E-state index in [1.54, 1.807) is 42.1 Å². The van der Waals surface area contributed by atoms with Gasteiger partial charge >= 0.3 is 0 Å². The lowest BCUT2D eigenvalue weighted by Crippen LogP contribution is -2.06. The van der Waals surface area contributed by atoms with Crippen molar-refractivity contribution < 1.29 is 9.13 Å². The van der Waals surface area contributed by atoms with Crippen molar-refractivity contribution in [3.05, 3.63) is 58.9 Å². The minimum absolute atomic E-state index is 0.282. The Bertz CT molecular complexity index is 923. The normalized spacial score (nSPS) is 12.8.